The lowest BCUT2D eigenvalue weighted by atomic mass is 9.93. The summed E-state index contributed by atoms with van der Waals surface area (Å²) < 4.78 is 33.6. The fraction of sp³-hybridized carbons (Fsp3) is 0.375. The number of likely N-dealkylation sites (tertiary alicyclic amines) is 1. The Bertz CT molecular complexity index is 1140. The first-order valence-electron chi connectivity index (χ1n) is 10.8. The maximum absolute atomic E-state index is 12.9. The number of hydrogen-bond donors (Lipinski definition) is 1. The van der Waals surface area contributed by atoms with Crippen LogP contribution in [0.4, 0.5) is 13.2 Å². The Morgan fingerprint density at radius 3 is 2.50 bits per heavy atom. The van der Waals surface area contributed by atoms with Crippen molar-refractivity contribution in [3.63, 3.8) is 0 Å². The minimum atomic E-state index is -5.08. The zero-order valence-electron chi connectivity index (χ0n) is 19.0. The molecule has 1 aliphatic rings. The number of aliphatic carboxylic acids is 1. The van der Waals surface area contributed by atoms with Crippen molar-refractivity contribution in [1.82, 2.24) is 19.6 Å². The van der Waals surface area contributed by atoms with Crippen molar-refractivity contribution >= 4 is 22.6 Å². The Morgan fingerprint density at radius 2 is 1.82 bits per heavy atom. The van der Waals surface area contributed by atoms with Crippen LogP contribution in [0.5, 0.6) is 0 Å². The van der Waals surface area contributed by atoms with Gasteiger partial charge >= 0.3 is 12.1 Å². The van der Waals surface area contributed by atoms with E-state index in [0.29, 0.717) is 11.5 Å². The van der Waals surface area contributed by atoms with Gasteiger partial charge < -0.3 is 14.9 Å². The summed E-state index contributed by atoms with van der Waals surface area (Å²) in [6.45, 7) is 3.27. The number of carboxylic acids is 1. The number of rotatable bonds is 5. The van der Waals surface area contributed by atoms with Gasteiger partial charge in [-0.15, -0.1) is 0 Å². The molecule has 0 bridgehead atoms. The number of fused-ring (bicyclic) bond motifs is 1. The SMILES string of the molecule is CN(C)CCn1cc(C(=O)N2CCC(c3cccc4ccccc34)C2)cn1.O=C(O)C(F)(F)F. The van der Waals surface area contributed by atoms with E-state index in [2.05, 4.69) is 52.5 Å². The number of amides is 1. The number of likely N-dealkylation sites (N-methyl/N-ethyl adjacent to an activating group) is 1. The highest BCUT2D eigenvalue weighted by Crippen LogP contribution is 2.33. The minimum Gasteiger partial charge on any atom is -0.475 e. The van der Waals surface area contributed by atoms with Crippen LogP contribution in [0.15, 0.2) is 54.9 Å². The lowest BCUT2D eigenvalue weighted by Gasteiger charge is -2.17. The molecule has 7 nitrogen and oxygen atoms in total. The molecule has 182 valence electrons. The van der Waals surface area contributed by atoms with Crippen molar-refractivity contribution in [2.24, 2.45) is 0 Å². The van der Waals surface area contributed by atoms with Crippen molar-refractivity contribution in [1.29, 1.82) is 0 Å². The average molecular weight is 476 g/mol. The predicted octanol–water partition coefficient (Wildman–Crippen LogP) is 3.86. The van der Waals surface area contributed by atoms with Gasteiger partial charge in [0.15, 0.2) is 0 Å². The van der Waals surface area contributed by atoms with Crippen LogP contribution in [0, 0.1) is 0 Å². The summed E-state index contributed by atoms with van der Waals surface area (Å²) in [5.41, 5.74) is 2.04. The van der Waals surface area contributed by atoms with E-state index in [1.165, 1.54) is 16.3 Å². The Hall–Kier alpha value is -3.40. The lowest BCUT2D eigenvalue weighted by molar-refractivity contribution is -0.192. The number of hydrogen-bond acceptors (Lipinski definition) is 4. The molecule has 1 fully saturated rings. The molecular formula is C24H27F3N4O3. The molecule has 1 amide bonds. The number of benzene rings is 2. The average Bonchev–Trinajstić information content (AvgIpc) is 3.47. The van der Waals surface area contributed by atoms with E-state index in [0.717, 1.165) is 32.6 Å². The molecule has 2 aromatic carbocycles. The number of alkyl halides is 3. The topological polar surface area (TPSA) is 78.7 Å². The smallest absolute Gasteiger partial charge is 0.475 e. The monoisotopic (exact) mass is 476 g/mol. The zero-order valence-corrected chi connectivity index (χ0v) is 19.0. The number of carbonyl (C=O) groups excluding carboxylic acids is 1. The third kappa shape index (κ3) is 6.34. The highest BCUT2D eigenvalue weighted by molar-refractivity contribution is 5.94. The molecule has 1 atom stereocenters. The quantitative estimate of drug-likeness (QED) is 0.605. The molecular weight excluding hydrogens is 449 g/mol. The number of aromatic nitrogens is 2. The third-order valence-electron chi connectivity index (χ3n) is 5.64. The molecule has 1 aromatic heterocycles. The molecule has 1 N–H and O–H groups in total. The van der Waals surface area contributed by atoms with Crippen LogP contribution >= 0.6 is 0 Å². The number of nitrogens with zero attached hydrogens (tertiary/aromatic N) is 4. The van der Waals surface area contributed by atoms with E-state index in [9.17, 15) is 18.0 Å². The van der Waals surface area contributed by atoms with Crippen LogP contribution < -0.4 is 0 Å². The first-order valence-corrected chi connectivity index (χ1v) is 10.8. The van der Waals surface area contributed by atoms with Crippen LogP contribution in [0.3, 0.4) is 0 Å². The van der Waals surface area contributed by atoms with Crippen molar-refractivity contribution in [3.8, 4) is 0 Å². The van der Waals surface area contributed by atoms with Crippen molar-refractivity contribution < 1.29 is 27.9 Å². The molecule has 1 saturated heterocycles. The molecule has 0 radical (unpaired) electrons. The van der Waals surface area contributed by atoms with Gasteiger partial charge in [0.25, 0.3) is 5.91 Å². The van der Waals surface area contributed by atoms with E-state index >= 15 is 0 Å². The second-order valence-corrected chi connectivity index (χ2v) is 8.40. The summed E-state index contributed by atoms with van der Waals surface area (Å²) in [5, 5.41) is 14.0. The molecule has 2 heterocycles. The van der Waals surface area contributed by atoms with Crippen molar-refractivity contribution in [3.05, 3.63) is 66.0 Å². The van der Waals surface area contributed by atoms with Gasteiger partial charge in [0.05, 0.1) is 18.3 Å². The molecule has 0 spiro atoms. The maximum Gasteiger partial charge on any atom is 0.490 e. The minimum absolute atomic E-state index is 0.0915. The van der Waals surface area contributed by atoms with Crippen LogP contribution in [0.25, 0.3) is 10.8 Å². The van der Waals surface area contributed by atoms with Gasteiger partial charge in [-0.25, -0.2) is 4.79 Å². The van der Waals surface area contributed by atoms with Gasteiger partial charge in [-0.3, -0.25) is 9.48 Å². The molecule has 0 aliphatic carbocycles. The van der Waals surface area contributed by atoms with Gasteiger partial charge in [-0.05, 0) is 36.9 Å². The summed E-state index contributed by atoms with van der Waals surface area (Å²) in [5.74, 6) is -2.27. The summed E-state index contributed by atoms with van der Waals surface area (Å²) >= 11 is 0. The first kappa shape index (κ1) is 25.2. The van der Waals surface area contributed by atoms with Crippen molar-refractivity contribution in [2.45, 2.75) is 25.1 Å². The maximum atomic E-state index is 12.9. The van der Waals surface area contributed by atoms with Gasteiger partial charge in [-0.1, -0.05) is 42.5 Å². The van der Waals surface area contributed by atoms with Gasteiger partial charge in [-0.2, -0.15) is 18.3 Å². The first-order chi connectivity index (χ1) is 16.1. The molecule has 0 saturated carbocycles. The van der Waals surface area contributed by atoms with Gasteiger partial charge in [0, 0.05) is 31.7 Å². The van der Waals surface area contributed by atoms with Gasteiger partial charge in [0.2, 0.25) is 0 Å². The molecule has 4 rings (SSSR count). The molecule has 1 unspecified atom stereocenters. The highest BCUT2D eigenvalue weighted by atomic mass is 19.4. The van der Waals surface area contributed by atoms with Crippen LogP contribution in [-0.4, -0.2) is 76.5 Å². The molecule has 1 aliphatic heterocycles. The summed E-state index contributed by atoms with van der Waals surface area (Å²) in [6, 6.07) is 15.0. The number of carbonyl (C=O) groups is 2. The fourth-order valence-corrected chi connectivity index (χ4v) is 3.89. The predicted molar refractivity (Wildman–Crippen MR) is 122 cm³/mol. The van der Waals surface area contributed by atoms with E-state index in [1.54, 1.807) is 6.20 Å². The fourth-order valence-electron chi connectivity index (χ4n) is 3.89. The highest BCUT2D eigenvalue weighted by Gasteiger charge is 2.38. The Balaban J connectivity index is 0.000000406. The normalized spacial score (nSPS) is 15.9. The Labute approximate surface area is 195 Å². The van der Waals surface area contributed by atoms with Crippen LogP contribution in [0.1, 0.15) is 28.3 Å². The van der Waals surface area contributed by atoms with E-state index in [-0.39, 0.29) is 5.91 Å². The second kappa shape index (κ2) is 10.7. The second-order valence-electron chi connectivity index (χ2n) is 8.40. The zero-order chi connectivity index (χ0) is 24.9. The Morgan fingerprint density at radius 1 is 1.15 bits per heavy atom. The number of halogens is 3. The number of carboxylic acid groups (broad SMARTS) is 1. The molecule has 10 heteroatoms. The largest absolute Gasteiger partial charge is 0.490 e. The van der Waals surface area contributed by atoms with E-state index in [1.807, 2.05) is 29.9 Å². The lowest BCUT2D eigenvalue weighted by Crippen LogP contribution is -2.28. The molecule has 3 aromatic rings. The van der Waals surface area contributed by atoms with E-state index in [4.69, 9.17) is 9.90 Å². The summed E-state index contributed by atoms with van der Waals surface area (Å²) in [6.07, 6.45) is -0.505. The van der Waals surface area contributed by atoms with Crippen molar-refractivity contribution in [2.75, 3.05) is 33.7 Å². The Kier molecular flexibility index (Phi) is 7.93. The van der Waals surface area contributed by atoms with Crippen LogP contribution in [0.2, 0.25) is 0 Å². The third-order valence-corrected chi connectivity index (χ3v) is 5.64. The standard InChI is InChI=1S/C22H26N4O.C2HF3O2/c1-24(2)12-13-26-16-19(14-23-26)22(27)25-11-10-18(15-25)21-9-5-7-17-6-3-4-8-20(17)21;3-2(4,5)1(6)7/h3-9,14,16,18H,10-13,15H2,1-2H3;(H,6,7). The van der Waals surface area contributed by atoms with Gasteiger partial charge in [0.1, 0.15) is 0 Å². The van der Waals surface area contributed by atoms with E-state index < -0.39 is 12.1 Å². The summed E-state index contributed by atoms with van der Waals surface area (Å²) in [4.78, 5) is 25.9. The van der Waals surface area contributed by atoms with Crippen LogP contribution in [-0.2, 0) is 11.3 Å². The summed E-state index contributed by atoms with van der Waals surface area (Å²) in [7, 11) is 4.07. The molecule has 34 heavy (non-hydrogen) atoms.